The van der Waals surface area contributed by atoms with Crippen molar-refractivity contribution in [2.75, 3.05) is 7.05 Å². The molecule has 13 heavy (non-hydrogen) atoms. The summed E-state index contributed by atoms with van der Waals surface area (Å²) < 4.78 is 5.78. The minimum Gasteiger partial charge on any atom is -0.443 e. The molecule has 1 aromatic rings. The van der Waals surface area contributed by atoms with Crippen LogP contribution in [0.25, 0.3) is 0 Å². The van der Waals surface area contributed by atoms with E-state index >= 15 is 0 Å². The van der Waals surface area contributed by atoms with Gasteiger partial charge in [0.15, 0.2) is 5.89 Å². The lowest BCUT2D eigenvalue weighted by Crippen LogP contribution is -2.12. The van der Waals surface area contributed by atoms with Crippen LogP contribution >= 0.6 is 0 Å². The number of oxazole rings is 1. The summed E-state index contributed by atoms with van der Waals surface area (Å²) in [6.45, 7) is 0. The molecule has 3 heteroatoms. The molecule has 0 radical (unpaired) electrons. The molecule has 1 heterocycles. The van der Waals surface area contributed by atoms with Crippen LogP contribution in [0.2, 0.25) is 0 Å². The van der Waals surface area contributed by atoms with Crippen LogP contribution in [-0.4, -0.2) is 12.0 Å². The Morgan fingerprint density at radius 3 is 2.92 bits per heavy atom. The van der Waals surface area contributed by atoms with Gasteiger partial charge in [-0.1, -0.05) is 0 Å². The topological polar surface area (TPSA) is 38.1 Å². The van der Waals surface area contributed by atoms with Crippen molar-refractivity contribution in [3.05, 3.63) is 17.3 Å². The first-order valence-corrected chi connectivity index (χ1v) is 5.05. The zero-order valence-corrected chi connectivity index (χ0v) is 7.84. The molecule has 0 aromatic carbocycles. The summed E-state index contributed by atoms with van der Waals surface area (Å²) in [5.41, 5.74) is 1.20. The smallest absolute Gasteiger partial charge is 0.197 e. The van der Waals surface area contributed by atoms with Gasteiger partial charge < -0.3 is 9.73 Å². The molecule has 1 atom stereocenters. The van der Waals surface area contributed by atoms with Crippen LogP contribution in [0.4, 0.5) is 0 Å². The molecule has 1 aromatic heterocycles. The molecule has 1 saturated carbocycles. The molecule has 3 rings (SSSR count). The molecular weight excluding hydrogens is 164 g/mol. The van der Waals surface area contributed by atoms with Crippen LogP contribution in [0.15, 0.2) is 4.42 Å². The molecule has 0 saturated heterocycles. The molecule has 1 unspecified atom stereocenters. The Balaban J connectivity index is 1.95. The molecular formula is C10H14N2O. The first-order valence-electron chi connectivity index (χ1n) is 5.05. The molecule has 3 nitrogen and oxygen atoms in total. The van der Waals surface area contributed by atoms with Crippen LogP contribution in [0.5, 0.6) is 0 Å². The van der Waals surface area contributed by atoms with E-state index in [0.29, 0.717) is 12.0 Å². The lowest BCUT2D eigenvalue weighted by atomic mass is 10.2. The number of hydrogen-bond donors (Lipinski definition) is 1. The zero-order chi connectivity index (χ0) is 8.84. The van der Waals surface area contributed by atoms with E-state index < -0.39 is 0 Å². The van der Waals surface area contributed by atoms with Gasteiger partial charge in [0.25, 0.3) is 0 Å². The van der Waals surface area contributed by atoms with E-state index in [-0.39, 0.29) is 0 Å². The highest BCUT2D eigenvalue weighted by Gasteiger charge is 2.34. The lowest BCUT2D eigenvalue weighted by Gasteiger charge is -2.04. The Labute approximate surface area is 77.5 Å². The Morgan fingerprint density at radius 2 is 2.23 bits per heavy atom. The number of nitrogens with one attached hydrogen (secondary N) is 1. The number of aryl methyl sites for hydroxylation is 1. The first-order chi connectivity index (χ1) is 6.38. The van der Waals surface area contributed by atoms with E-state index in [1.54, 1.807) is 0 Å². The molecule has 0 bridgehead atoms. The molecule has 1 N–H and O–H groups in total. The third kappa shape index (κ3) is 1.10. The van der Waals surface area contributed by atoms with Crippen molar-refractivity contribution in [2.24, 2.45) is 0 Å². The van der Waals surface area contributed by atoms with E-state index in [0.717, 1.165) is 24.5 Å². The van der Waals surface area contributed by atoms with Crippen molar-refractivity contribution in [3.63, 3.8) is 0 Å². The van der Waals surface area contributed by atoms with Gasteiger partial charge in [0.2, 0.25) is 0 Å². The molecule has 2 aliphatic rings. The van der Waals surface area contributed by atoms with Gasteiger partial charge in [0.05, 0.1) is 11.7 Å². The van der Waals surface area contributed by atoms with Crippen LogP contribution < -0.4 is 5.32 Å². The van der Waals surface area contributed by atoms with Crippen LogP contribution in [0.1, 0.15) is 48.6 Å². The van der Waals surface area contributed by atoms with E-state index in [1.165, 1.54) is 18.5 Å². The predicted molar refractivity (Wildman–Crippen MR) is 48.6 cm³/mol. The quantitative estimate of drug-likeness (QED) is 0.749. The van der Waals surface area contributed by atoms with Gasteiger partial charge >= 0.3 is 0 Å². The van der Waals surface area contributed by atoms with Crippen LogP contribution in [-0.2, 0) is 6.42 Å². The molecule has 0 spiro atoms. The summed E-state index contributed by atoms with van der Waals surface area (Å²) in [7, 11) is 1.99. The second-order valence-corrected chi connectivity index (χ2v) is 4.02. The Kier molecular flexibility index (Phi) is 1.50. The van der Waals surface area contributed by atoms with Crippen molar-refractivity contribution in [2.45, 2.75) is 37.6 Å². The van der Waals surface area contributed by atoms with E-state index in [1.807, 2.05) is 7.05 Å². The van der Waals surface area contributed by atoms with Crippen molar-refractivity contribution >= 4 is 0 Å². The zero-order valence-electron chi connectivity index (χ0n) is 7.84. The van der Waals surface area contributed by atoms with Gasteiger partial charge in [0, 0.05) is 5.92 Å². The molecule has 0 aliphatic heterocycles. The van der Waals surface area contributed by atoms with E-state index in [9.17, 15) is 0 Å². The van der Waals surface area contributed by atoms with Crippen molar-refractivity contribution in [1.29, 1.82) is 0 Å². The Bertz CT molecular complexity index is 328. The summed E-state index contributed by atoms with van der Waals surface area (Å²) in [6.07, 6.45) is 4.76. The number of rotatable bonds is 2. The fourth-order valence-electron chi connectivity index (χ4n) is 2.03. The second-order valence-electron chi connectivity index (χ2n) is 4.02. The Hall–Kier alpha value is -0.830. The maximum absolute atomic E-state index is 5.78. The maximum atomic E-state index is 5.78. The monoisotopic (exact) mass is 178 g/mol. The second kappa shape index (κ2) is 2.58. The number of nitrogens with zero attached hydrogens (tertiary/aromatic N) is 1. The van der Waals surface area contributed by atoms with Crippen molar-refractivity contribution in [3.8, 4) is 0 Å². The first kappa shape index (κ1) is 7.56. The van der Waals surface area contributed by atoms with E-state index in [4.69, 9.17) is 4.42 Å². The highest BCUT2D eigenvalue weighted by atomic mass is 16.4. The third-order valence-corrected chi connectivity index (χ3v) is 3.01. The van der Waals surface area contributed by atoms with Crippen molar-refractivity contribution < 1.29 is 4.42 Å². The van der Waals surface area contributed by atoms with Gasteiger partial charge in [-0.25, -0.2) is 4.98 Å². The lowest BCUT2D eigenvalue weighted by molar-refractivity contribution is 0.405. The fraction of sp³-hybridized carbons (Fsp3) is 0.700. The Morgan fingerprint density at radius 1 is 1.38 bits per heavy atom. The maximum Gasteiger partial charge on any atom is 0.197 e. The van der Waals surface area contributed by atoms with E-state index in [2.05, 4.69) is 10.3 Å². The van der Waals surface area contributed by atoms with Gasteiger partial charge in [-0.15, -0.1) is 0 Å². The average molecular weight is 178 g/mol. The van der Waals surface area contributed by atoms with Gasteiger partial charge in [-0.3, -0.25) is 0 Å². The average Bonchev–Trinajstić information content (AvgIpc) is 2.78. The molecule has 70 valence electrons. The SMILES string of the molecule is CNC1CCc2nc(C3CC3)oc21. The van der Waals surface area contributed by atoms with Crippen LogP contribution in [0, 0.1) is 0 Å². The van der Waals surface area contributed by atoms with Gasteiger partial charge in [-0.05, 0) is 32.7 Å². The highest BCUT2D eigenvalue weighted by Crippen LogP contribution is 2.42. The summed E-state index contributed by atoms with van der Waals surface area (Å²) in [6, 6.07) is 0.412. The normalized spacial score (nSPS) is 26.4. The third-order valence-electron chi connectivity index (χ3n) is 3.01. The largest absolute Gasteiger partial charge is 0.443 e. The highest BCUT2D eigenvalue weighted by molar-refractivity contribution is 5.22. The van der Waals surface area contributed by atoms with Crippen LogP contribution in [0.3, 0.4) is 0 Å². The molecule has 2 aliphatic carbocycles. The van der Waals surface area contributed by atoms with Gasteiger partial charge in [0.1, 0.15) is 5.76 Å². The minimum absolute atomic E-state index is 0.412. The summed E-state index contributed by atoms with van der Waals surface area (Å²) >= 11 is 0. The molecule has 1 fully saturated rings. The standard InChI is InChI=1S/C10H14N2O/c1-11-7-4-5-8-9(7)13-10(12-8)6-2-3-6/h6-7,11H,2-5H2,1H3. The minimum atomic E-state index is 0.412. The summed E-state index contributed by atoms with van der Waals surface area (Å²) in [4.78, 5) is 4.54. The number of hydrogen-bond acceptors (Lipinski definition) is 3. The summed E-state index contributed by atoms with van der Waals surface area (Å²) in [5.74, 6) is 2.73. The van der Waals surface area contributed by atoms with Crippen molar-refractivity contribution in [1.82, 2.24) is 10.3 Å². The number of aromatic nitrogens is 1. The predicted octanol–water partition coefficient (Wildman–Crippen LogP) is 1.76. The molecule has 0 amide bonds. The van der Waals surface area contributed by atoms with Gasteiger partial charge in [-0.2, -0.15) is 0 Å². The summed E-state index contributed by atoms with van der Waals surface area (Å²) in [5, 5.41) is 3.26. The fourth-order valence-corrected chi connectivity index (χ4v) is 2.03. The number of fused-ring (bicyclic) bond motifs is 1.